The molecule has 1 fully saturated rings. The molecule has 0 unspecified atom stereocenters. The van der Waals surface area contributed by atoms with Crippen molar-refractivity contribution in [2.75, 3.05) is 13.2 Å². The summed E-state index contributed by atoms with van der Waals surface area (Å²) < 4.78 is 38.8. The van der Waals surface area contributed by atoms with E-state index in [1.54, 1.807) is 23.5 Å². The van der Waals surface area contributed by atoms with E-state index in [1.165, 1.54) is 24.3 Å². The maximum absolute atomic E-state index is 13.1. The number of aliphatic hydroxyl groups excluding tert-OH is 1. The van der Waals surface area contributed by atoms with Crippen molar-refractivity contribution in [2.45, 2.75) is 63.1 Å². The molecule has 1 aromatic carbocycles. The number of amides is 1. The van der Waals surface area contributed by atoms with E-state index in [0.717, 1.165) is 12.6 Å². The standard InChI is InChI=1S/C23H28F3N3O2/c1-3-29(21(31)18-6-4-17(5-7-18)16(2)23(24,25)26)19-8-10-22(15-30,11-9-19)20-14-27-12-13-28-20/h4-7,12-14,16,19,30H,3,8-11,15H2,1-2H3/t16-,19-,22+/m1/s1. The number of nitrogens with zero attached hydrogens (tertiary/aromatic N) is 3. The first-order valence-corrected chi connectivity index (χ1v) is 10.6. The van der Waals surface area contributed by atoms with Gasteiger partial charge in [0.25, 0.3) is 5.91 Å². The molecule has 0 aliphatic heterocycles. The molecule has 3 rings (SSSR count). The summed E-state index contributed by atoms with van der Waals surface area (Å²) in [6.45, 7) is 3.48. The first-order chi connectivity index (χ1) is 14.7. The van der Waals surface area contributed by atoms with Gasteiger partial charge in [-0.15, -0.1) is 0 Å². The van der Waals surface area contributed by atoms with Gasteiger partial charge in [0.15, 0.2) is 0 Å². The van der Waals surface area contributed by atoms with Gasteiger partial charge >= 0.3 is 6.18 Å². The van der Waals surface area contributed by atoms with E-state index in [9.17, 15) is 23.1 Å². The molecule has 31 heavy (non-hydrogen) atoms. The van der Waals surface area contributed by atoms with Crippen LogP contribution in [0.4, 0.5) is 13.2 Å². The molecule has 1 saturated carbocycles. The molecule has 5 nitrogen and oxygen atoms in total. The van der Waals surface area contributed by atoms with Crippen LogP contribution in [0.2, 0.25) is 0 Å². The summed E-state index contributed by atoms with van der Waals surface area (Å²) in [5.74, 6) is -1.76. The fourth-order valence-corrected chi connectivity index (χ4v) is 4.37. The van der Waals surface area contributed by atoms with Crippen molar-refractivity contribution in [3.63, 3.8) is 0 Å². The van der Waals surface area contributed by atoms with Crippen molar-refractivity contribution < 1.29 is 23.1 Å². The van der Waals surface area contributed by atoms with Gasteiger partial charge in [-0.3, -0.25) is 14.8 Å². The van der Waals surface area contributed by atoms with Gasteiger partial charge in [0.05, 0.1) is 18.2 Å². The van der Waals surface area contributed by atoms with Crippen LogP contribution in [0.15, 0.2) is 42.9 Å². The third-order valence-corrected chi connectivity index (χ3v) is 6.51. The molecule has 1 heterocycles. The lowest BCUT2D eigenvalue weighted by Gasteiger charge is -2.42. The molecule has 8 heteroatoms. The van der Waals surface area contributed by atoms with Crippen LogP contribution in [0.3, 0.4) is 0 Å². The largest absolute Gasteiger partial charge is 0.395 e. The van der Waals surface area contributed by atoms with Gasteiger partial charge in [0, 0.05) is 42.2 Å². The highest BCUT2D eigenvalue weighted by molar-refractivity contribution is 5.94. The Labute approximate surface area is 180 Å². The predicted octanol–water partition coefficient (Wildman–Crippen LogP) is 4.48. The minimum absolute atomic E-state index is 0.00243. The van der Waals surface area contributed by atoms with Crippen LogP contribution in [0.25, 0.3) is 0 Å². The van der Waals surface area contributed by atoms with Crippen molar-refractivity contribution in [3.05, 3.63) is 59.7 Å². The molecular weight excluding hydrogens is 407 g/mol. The third kappa shape index (κ3) is 4.89. The Morgan fingerprint density at radius 3 is 2.35 bits per heavy atom. The normalized spacial score (nSPS) is 22.7. The van der Waals surface area contributed by atoms with Crippen molar-refractivity contribution >= 4 is 5.91 Å². The number of benzene rings is 1. The Bertz CT molecular complexity index is 864. The lowest BCUT2D eigenvalue weighted by molar-refractivity contribution is -0.146. The number of rotatable bonds is 6. The van der Waals surface area contributed by atoms with Gasteiger partial charge < -0.3 is 10.0 Å². The summed E-state index contributed by atoms with van der Waals surface area (Å²) in [7, 11) is 0. The fraction of sp³-hybridized carbons (Fsp3) is 0.522. The van der Waals surface area contributed by atoms with Crippen LogP contribution in [-0.4, -0.2) is 51.3 Å². The molecule has 1 aliphatic rings. The van der Waals surface area contributed by atoms with Gasteiger partial charge in [0.2, 0.25) is 0 Å². The molecule has 1 aromatic heterocycles. The zero-order valence-electron chi connectivity index (χ0n) is 17.8. The van der Waals surface area contributed by atoms with Gasteiger partial charge in [-0.05, 0) is 57.2 Å². The molecule has 1 amide bonds. The molecule has 168 valence electrons. The van der Waals surface area contributed by atoms with Crippen LogP contribution in [0.1, 0.15) is 67.1 Å². The van der Waals surface area contributed by atoms with Crippen LogP contribution in [-0.2, 0) is 5.41 Å². The predicted molar refractivity (Wildman–Crippen MR) is 111 cm³/mol. The van der Waals surface area contributed by atoms with E-state index in [-0.39, 0.29) is 24.1 Å². The minimum atomic E-state index is -4.31. The molecule has 0 bridgehead atoms. The first-order valence-electron chi connectivity index (χ1n) is 10.6. The first kappa shape index (κ1) is 23.2. The van der Waals surface area contributed by atoms with Gasteiger partial charge in [-0.1, -0.05) is 12.1 Å². The van der Waals surface area contributed by atoms with Crippen molar-refractivity contribution in [1.82, 2.24) is 14.9 Å². The van der Waals surface area contributed by atoms with Crippen LogP contribution in [0.5, 0.6) is 0 Å². The number of carbonyl (C=O) groups is 1. The van der Waals surface area contributed by atoms with Gasteiger partial charge in [0.1, 0.15) is 0 Å². The Morgan fingerprint density at radius 2 is 1.87 bits per heavy atom. The van der Waals surface area contributed by atoms with Crippen molar-refractivity contribution in [3.8, 4) is 0 Å². The monoisotopic (exact) mass is 435 g/mol. The molecule has 0 spiro atoms. The highest BCUT2D eigenvalue weighted by Crippen LogP contribution is 2.40. The second kappa shape index (κ2) is 9.34. The van der Waals surface area contributed by atoms with Crippen molar-refractivity contribution in [1.29, 1.82) is 0 Å². The average molecular weight is 435 g/mol. The second-order valence-corrected chi connectivity index (χ2v) is 8.24. The number of hydrogen-bond donors (Lipinski definition) is 1. The van der Waals surface area contributed by atoms with E-state index in [0.29, 0.717) is 37.8 Å². The molecule has 2 aromatic rings. The molecule has 1 atom stereocenters. The molecule has 1 N–H and O–H groups in total. The zero-order chi connectivity index (χ0) is 22.6. The molecule has 0 radical (unpaired) electrons. The Morgan fingerprint density at radius 1 is 1.23 bits per heavy atom. The SMILES string of the molecule is CCN(C(=O)c1ccc([C@@H](C)C(F)(F)F)cc1)[C@H]1CC[C@@](CO)(c2cnccn2)CC1. The number of hydrogen-bond acceptors (Lipinski definition) is 4. The van der Waals surface area contributed by atoms with E-state index >= 15 is 0 Å². The highest BCUT2D eigenvalue weighted by Gasteiger charge is 2.40. The van der Waals surface area contributed by atoms with Gasteiger partial charge in [-0.25, -0.2) is 0 Å². The Hall–Kier alpha value is -2.48. The number of carbonyl (C=O) groups excluding carboxylic acids is 1. The summed E-state index contributed by atoms with van der Waals surface area (Å²) >= 11 is 0. The topological polar surface area (TPSA) is 66.3 Å². The smallest absolute Gasteiger partial charge is 0.395 e. The summed E-state index contributed by atoms with van der Waals surface area (Å²) in [5.41, 5.74) is 0.830. The number of halogens is 3. The Kier molecular flexibility index (Phi) is 6.99. The third-order valence-electron chi connectivity index (χ3n) is 6.51. The van der Waals surface area contributed by atoms with Gasteiger partial charge in [-0.2, -0.15) is 13.2 Å². The van der Waals surface area contributed by atoms with Crippen LogP contribution >= 0.6 is 0 Å². The molecular formula is C23H28F3N3O2. The van der Waals surface area contributed by atoms with E-state index in [1.807, 2.05) is 6.92 Å². The number of alkyl halides is 3. The highest BCUT2D eigenvalue weighted by atomic mass is 19.4. The summed E-state index contributed by atoms with van der Waals surface area (Å²) in [4.78, 5) is 23.4. The summed E-state index contributed by atoms with van der Waals surface area (Å²) in [6, 6.07) is 5.71. The Balaban J connectivity index is 1.71. The lowest BCUT2D eigenvalue weighted by Crippen LogP contribution is -2.46. The average Bonchev–Trinajstić information content (AvgIpc) is 2.79. The minimum Gasteiger partial charge on any atom is -0.395 e. The lowest BCUT2D eigenvalue weighted by atomic mass is 9.70. The number of aromatic nitrogens is 2. The van der Waals surface area contributed by atoms with Crippen LogP contribution < -0.4 is 0 Å². The maximum atomic E-state index is 13.1. The van der Waals surface area contributed by atoms with E-state index in [2.05, 4.69) is 9.97 Å². The van der Waals surface area contributed by atoms with E-state index in [4.69, 9.17) is 0 Å². The second-order valence-electron chi connectivity index (χ2n) is 8.24. The fourth-order valence-electron chi connectivity index (χ4n) is 4.37. The van der Waals surface area contributed by atoms with E-state index < -0.39 is 17.5 Å². The zero-order valence-corrected chi connectivity index (χ0v) is 17.8. The van der Waals surface area contributed by atoms with Crippen LogP contribution in [0, 0.1) is 0 Å². The van der Waals surface area contributed by atoms with Crippen molar-refractivity contribution in [2.24, 2.45) is 0 Å². The molecule has 1 aliphatic carbocycles. The summed E-state index contributed by atoms with van der Waals surface area (Å²) in [6.07, 6.45) is 3.35. The quantitative estimate of drug-likeness (QED) is 0.727. The summed E-state index contributed by atoms with van der Waals surface area (Å²) in [5, 5.41) is 10.1. The maximum Gasteiger partial charge on any atom is 0.395 e. The number of aliphatic hydroxyl groups is 1. The molecule has 0 saturated heterocycles.